The Morgan fingerprint density at radius 3 is 2.32 bits per heavy atom. The van der Waals surface area contributed by atoms with E-state index in [0.717, 1.165) is 0 Å². The van der Waals surface area contributed by atoms with Crippen LogP contribution in [0.25, 0.3) is 0 Å². The van der Waals surface area contributed by atoms with Gasteiger partial charge in [0.1, 0.15) is 0 Å². The summed E-state index contributed by atoms with van der Waals surface area (Å²) in [5, 5.41) is 0. The highest BCUT2D eigenvalue weighted by Crippen LogP contribution is 2.19. The van der Waals surface area contributed by atoms with E-state index in [2.05, 4.69) is 4.98 Å². The minimum Gasteiger partial charge on any atom is -0.261 e. The second-order valence-electron chi connectivity index (χ2n) is 3.51. The molecule has 19 heavy (non-hydrogen) atoms. The molecule has 1 aromatic heterocycles. The van der Waals surface area contributed by atoms with Crippen molar-refractivity contribution in [3.63, 3.8) is 0 Å². The first kappa shape index (κ1) is 13.3. The second kappa shape index (κ2) is 4.88. The molecule has 0 aliphatic rings. The zero-order valence-electron chi connectivity index (χ0n) is 9.27. The number of rotatable bonds is 3. The van der Waals surface area contributed by atoms with Crippen molar-refractivity contribution in [1.82, 2.24) is 4.98 Å². The van der Waals surface area contributed by atoms with Crippen LogP contribution in [0.3, 0.4) is 0 Å². The number of anilines is 1. The lowest BCUT2D eigenvalue weighted by molar-refractivity contribution is 0.483. The van der Waals surface area contributed by atoms with Gasteiger partial charge in [-0.3, -0.25) is 4.72 Å². The molecule has 0 aliphatic carbocycles. The smallest absolute Gasteiger partial charge is 0.261 e. The number of pyridine rings is 1. The maximum Gasteiger partial charge on any atom is 0.263 e. The number of benzene rings is 1. The van der Waals surface area contributed by atoms with Crippen molar-refractivity contribution in [2.45, 2.75) is 4.90 Å². The van der Waals surface area contributed by atoms with Crippen LogP contribution in [0, 0.1) is 17.6 Å². The van der Waals surface area contributed by atoms with Crippen LogP contribution in [-0.4, -0.2) is 13.4 Å². The highest BCUT2D eigenvalue weighted by molar-refractivity contribution is 7.92. The topological polar surface area (TPSA) is 59.1 Å². The van der Waals surface area contributed by atoms with Crippen LogP contribution in [0.4, 0.5) is 19.0 Å². The molecule has 0 unspecified atom stereocenters. The molecule has 1 N–H and O–H groups in total. The van der Waals surface area contributed by atoms with E-state index >= 15 is 0 Å². The predicted octanol–water partition coefficient (Wildman–Crippen LogP) is 2.30. The first-order valence-electron chi connectivity index (χ1n) is 4.99. The summed E-state index contributed by atoms with van der Waals surface area (Å²) in [7, 11) is -4.16. The number of sulfonamides is 1. The van der Waals surface area contributed by atoms with E-state index in [0.29, 0.717) is 0 Å². The average Bonchev–Trinajstić information content (AvgIpc) is 2.36. The van der Waals surface area contributed by atoms with E-state index in [-0.39, 0.29) is 11.0 Å². The first-order chi connectivity index (χ1) is 8.90. The molecule has 2 aromatic rings. The minimum atomic E-state index is -4.16. The van der Waals surface area contributed by atoms with Gasteiger partial charge in [-0.25, -0.2) is 12.8 Å². The molecular weight excluding hydrogens is 281 g/mol. The molecule has 0 amide bonds. The molecule has 100 valence electrons. The van der Waals surface area contributed by atoms with E-state index in [1.165, 1.54) is 24.3 Å². The van der Waals surface area contributed by atoms with Crippen molar-refractivity contribution in [2.24, 2.45) is 0 Å². The Bertz CT molecular complexity index is 705. The lowest BCUT2D eigenvalue weighted by Crippen LogP contribution is -2.16. The van der Waals surface area contributed by atoms with Crippen molar-refractivity contribution in [3.05, 3.63) is 54.0 Å². The maximum absolute atomic E-state index is 13.3. The zero-order valence-corrected chi connectivity index (χ0v) is 10.1. The van der Waals surface area contributed by atoms with Crippen LogP contribution in [0.5, 0.6) is 0 Å². The number of aromatic nitrogens is 1. The van der Waals surface area contributed by atoms with Crippen LogP contribution in [-0.2, 0) is 10.0 Å². The molecule has 0 saturated carbocycles. The molecule has 0 atom stereocenters. The number of nitrogens with one attached hydrogen (secondary N) is 1. The molecule has 1 heterocycles. The van der Waals surface area contributed by atoms with Crippen molar-refractivity contribution >= 4 is 15.8 Å². The Kier molecular flexibility index (Phi) is 3.43. The molecule has 0 spiro atoms. The second-order valence-corrected chi connectivity index (χ2v) is 5.19. The van der Waals surface area contributed by atoms with Gasteiger partial charge in [0.2, 0.25) is 11.8 Å². The summed E-state index contributed by atoms with van der Waals surface area (Å²) in [6.45, 7) is 0. The van der Waals surface area contributed by atoms with E-state index in [1.807, 2.05) is 0 Å². The summed E-state index contributed by atoms with van der Waals surface area (Å²) in [6, 6.07) is 7.19. The fourth-order valence-corrected chi connectivity index (χ4v) is 2.35. The molecule has 0 bridgehead atoms. The zero-order chi connectivity index (χ0) is 14.0. The third kappa shape index (κ3) is 2.84. The van der Waals surface area contributed by atoms with Gasteiger partial charge in [0.15, 0.2) is 11.6 Å². The number of hydrogen-bond acceptors (Lipinski definition) is 3. The van der Waals surface area contributed by atoms with Gasteiger partial charge in [-0.1, -0.05) is 18.2 Å². The summed E-state index contributed by atoms with van der Waals surface area (Å²) in [5.74, 6) is -5.45. The van der Waals surface area contributed by atoms with E-state index in [9.17, 15) is 21.6 Å². The van der Waals surface area contributed by atoms with Crippen molar-refractivity contribution < 1.29 is 21.6 Å². The Hall–Kier alpha value is -2.09. The summed E-state index contributed by atoms with van der Waals surface area (Å²) in [4.78, 5) is 2.79. The Labute approximate surface area is 107 Å². The van der Waals surface area contributed by atoms with Gasteiger partial charge >= 0.3 is 0 Å². The molecule has 0 saturated heterocycles. The monoisotopic (exact) mass is 288 g/mol. The van der Waals surface area contributed by atoms with Gasteiger partial charge in [0.25, 0.3) is 10.0 Å². The van der Waals surface area contributed by atoms with Crippen LogP contribution in [0.1, 0.15) is 0 Å². The molecule has 0 radical (unpaired) electrons. The Morgan fingerprint density at radius 2 is 1.68 bits per heavy atom. The predicted molar refractivity (Wildman–Crippen MR) is 61.4 cm³/mol. The Morgan fingerprint density at radius 1 is 1.05 bits per heavy atom. The van der Waals surface area contributed by atoms with Gasteiger partial charge in [0.05, 0.1) is 4.90 Å². The largest absolute Gasteiger partial charge is 0.263 e. The van der Waals surface area contributed by atoms with Crippen molar-refractivity contribution in [3.8, 4) is 0 Å². The lowest BCUT2D eigenvalue weighted by atomic mass is 10.4. The molecule has 2 rings (SSSR count). The van der Waals surface area contributed by atoms with Crippen LogP contribution >= 0.6 is 0 Å². The Balaban J connectivity index is 2.42. The first-order valence-corrected chi connectivity index (χ1v) is 6.48. The van der Waals surface area contributed by atoms with E-state index in [4.69, 9.17) is 0 Å². The van der Waals surface area contributed by atoms with E-state index < -0.39 is 33.4 Å². The summed E-state index contributed by atoms with van der Waals surface area (Å²) in [6.07, 6.45) is 0. The summed E-state index contributed by atoms with van der Waals surface area (Å²) < 4.78 is 64.4. The average molecular weight is 288 g/mol. The van der Waals surface area contributed by atoms with Crippen molar-refractivity contribution in [1.29, 1.82) is 0 Å². The fraction of sp³-hybridized carbons (Fsp3) is 0. The van der Waals surface area contributed by atoms with Gasteiger partial charge in [-0.15, -0.1) is 0 Å². The quantitative estimate of drug-likeness (QED) is 0.882. The van der Waals surface area contributed by atoms with Gasteiger partial charge in [0, 0.05) is 6.07 Å². The normalized spacial score (nSPS) is 11.3. The third-order valence-electron chi connectivity index (χ3n) is 2.17. The molecule has 1 aromatic carbocycles. The van der Waals surface area contributed by atoms with Crippen LogP contribution < -0.4 is 4.72 Å². The third-order valence-corrected chi connectivity index (χ3v) is 3.52. The molecule has 0 fully saturated rings. The van der Waals surface area contributed by atoms with Gasteiger partial charge in [-0.2, -0.15) is 13.8 Å². The number of halogens is 3. The number of nitrogens with zero attached hydrogens (tertiary/aromatic N) is 1. The SMILES string of the molecule is O=S(=O)(Nc1nc(F)cc(F)c1F)c1ccccc1. The van der Waals surface area contributed by atoms with Gasteiger partial charge < -0.3 is 0 Å². The minimum absolute atomic E-state index is 0.180. The molecular formula is C11H7F3N2O2S. The summed E-state index contributed by atoms with van der Waals surface area (Å²) in [5.41, 5.74) is 0. The van der Waals surface area contributed by atoms with Crippen molar-refractivity contribution in [2.75, 3.05) is 4.72 Å². The highest BCUT2D eigenvalue weighted by Gasteiger charge is 2.20. The van der Waals surface area contributed by atoms with Gasteiger partial charge in [-0.05, 0) is 12.1 Å². The molecule has 8 heteroatoms. The molecule has 4 nitrogen and oxygen atoms in total. The molecule has 0 aliphatic heterocycles. The van der Waals surface area contributed by atoms with Crippen LogP contribution in [0.15, 0.2) is 41.3 Å². The maximum atomic E-state index is 13.3. The fourth-order valence-electron chi connectivity index (χ4n) is 1.32. The van der Waals surface area contributed by atoms with Crippen LogP contribution in [0.2, 0.25) is 0 Å². The van der Waals surface area contributed by atoms with E-state index in [1.54, 1.807) is 10.8 Å². The lowest BCUT2D eigenvalue weighted by Gasteiger charge is -2.08. The standard InChI is InChI=1S/C11H7F3N2O2S/c12-8-6-9(13)15-11(10(8)14)16-19(17,18)7-4-2-1-3-5-7/h1-6H,(H,15,16). The number of hydrogen-bond donors (Lipinski definition) is 1. The summed E-state index contributed by atoms with van der Waals surface area (Å²) >= 11 is 0. The highest BCUT2D eigenvalue weighted by atomic mass is 32.2.